The van der Waals surface area contributed by atoms with Crippen LogP contribution in [0.2, 0.25) is 0 Å². The summed E-state index contributed by atoms with van der Waals surface area (Å²) in [5, 5.41) is 7.74. The van der Waals surface area contributed by atoms with Crippen LogP contribution >= 0.6 is 44.6 Å². The number of aliphatic hydroxyl groups excluding tert-OH is 1. The first-order chi connectivity index (χ1) is 8.17. The third-order valence-electron chi connectivity index (χ3n) is 0.418. The van der Waals surface area contributed by atoms with Gasteiger partial charge in [-0.25, -0.2) is 0 Å². The van der Waals surface area contributed by atoms with Gasteiger partial charge >= 0.3 is 21.1 Å². The van der Waals surface area contributed by atoms with E-state index in [0.29, 0.717) is 5.88 Å². The molecule has 0 heterocycles. The fraction of sp³-hybridized carbons (Fsp3) is 1.00. The summed E-state index contributed by atoms with van der Waals surface area (Å²) in [7, 11) is -14.1. The van der Waals surface area contributed by atoms with Crippen molar-refractivity contribution < 1.29 is 72.6 Å². The molecule has 0 aliphatic carbocycles. The summed E-state index contributed by atoms with van der Waals surface area (Å²) in [6.07, 6.45) is 0. The molecule has 19 heavy (non-hydrogen) atoms. The Bertz CT molecular complexity index is 234. The summed E-state index contributed by atoms with van der Waals surface area (Å²) in [6, 6.07) is 0. The Hall–Kier alpha value is 1.62. The van der Waals surface area contributed by atoms with E-state index in [-0.39, 0.29) is 27.7 Å². The number of halogens is 1. The molecule has 0 bridgehead atoms. The normalized spacial score (nSPS) is 15.3. The smallest absolute Gasteiger partial charge is 0.781 e. The Balaban J connectivity index is -0.0000000900. The molecule has 0 rings (SSSR count). The number of hydrogen-bond donors (Lipinski definition) is 1. The quantitative estimate of drug-likeness (QED) is 0.251. The van der Waals surface area contributed by atoms with Crippen LogP contribution in [-0.4, -0.2) is 17.6 Å². The van der Waals surface area contributed by atoms with E-state index in [9.17, 15) is 37.8 Å². The van der Waals surface area contributed by atoms with Crippen molar-refractivity contribution in [2.75, 3.05) is 12.5 Å². The van der Waals surface area contributed by atoms with Crippen molar-refractivity contribution in [2.24, 2.45) is 0 Å². The van der Waals surface area contributed by atoms with Gasteiger partial charge in [0.25, 0.3) is 0 Å². The van der Waals surface area contributed by atoms with Gasteiger partial charge < -0.3 is 42.9 Å². The first kappa shape index (κ1) is 28.7. The summed E-state index contributed by atoms with van der Waals surface area (Å²) in [6.45, 7) is 0.0849. The molecule has 0 saturated heterocycles. The number of aliphatic hydroxyl groups is 1. The minimum atomic E-state index is -3.51. The van der Waals surface area contributed by atoms with Crippen LogP contribution in [0.15, 0.2) is 0 Å². The maximum Gasteiger partial charge on any atom is 4.00 e. The van der Waals surface area contributed by atoms with Crippen molar-refractivity contribution in [1.82, 2.24) is 0 Å². The molecule has 0 amide bonds. The van der Waals surface area contributed by atoms with E-state index < -0.39 is 33.0 Å². The van der Waals surface area contributed by atoms with Gasteiger partial charge in [-0.05, 0) is 0 Å². The van der Waals surface area contributed by atoms with Crippen molar-refractivity contribution in [2.45, 2.75) is 0 Å². The average Bonchev–Trinajstić information content (AvgIpc) is 2.14. The Kier molecular flexibility index (Phi) is 33.1. The van der Waals surface area contributed by atoms with Crippen molar-refractivity contribution in [1.29, 1.82) is 0 Å². The van der Waals surface area contributed by atoms with Crippen LogP contribution in [0.25, 0.3) is 0 Å². The van der Waals surface area contributed by atoms with Gasteiger partial charge in [0.05, 0.1) is 6.61 Å². The molecule has 0 aromatic heterocycles. The molecule has 1 N–H and O–H groups in total. The van der Waals surface area contributed by atoms with Gasteiger partial charge in [-0.15, -0.1) is 11.6 Å². The number of hydrogen-bond acceptors (Lipinski definition) is 11. The maximum atomic E-state index is 9.29. The fourth-order valence-corrected chi connectivity index (χ4v) is 1.22. The minimum absolute atomic E-state index is 0. The largest absolute Gasteiger partial charge is 4.00 e. The number of alkyl halides is 1. The predicted molar refractivity (Wildman–Crippen MR) is 56.0 cm³/mol. The predicted octanol–water partition coefficient (Wildman–Crippen LogP) is -2.78. The summed E-state index contributed by atoms with van der Waals surface area (Å²) in [5.74, 6) is 0.347. The molecule has 4 atom stereocenters. The molecular formula is C2H9ClMoO11P4. The molecule has 0 aliphatic heterocycles. The van der Waals surface area contributed by atoms with Gasteiger partial charge in [-0.1, -0.05) is 0 Å². The topological polar surface area (TPSA) is 199 Å². The van der Waals surface area contributed by atoms with Crippen LogP contribution < -0.4 is 19.6 Å². The van der Waals surface area contributed by atoms with Gasteiger partial charge in [0.2, 0.25) is 0 Å². The summed E-state index contributed by atoms with van der Waals surface area (Å²) < 4.78 is 43.6. The Morgan fingerprint density at radius 3 is 1.00 bits per heavy atom. The maximum absolute atomic E-state index is 9.29. The van der Waals surface area contributed by atoms with Gasteiger partial charge in [0, 0.05) is 5.88 Å². The Morgan fingerprint density at radius 1 is 0.842 bits per heavy atom. The molecule has 0 saturated carbocycles. The summed E-state index contributed by atoms with van der Waals surface area (Å²) >= 11 is 4.94. The molecule has 0 spiro atoms. The van der Waals surface area contributed by atoms with Crippen LogP contribution in [0.3, 0.4) is 0 Å². The molecule has 4 unspecified atom stereocenters. The Labute approximate surface area is 130 Å². The zero-order valence-corrected chi connectivity index (χ0v) is 15.5. The molecule has 0 aromatic carbocycles. The molecule has 116 valence electrons. The minimum Gasteiger partial charge on any atom is -0.781 e. The van der Waals surface area contributed by atoms with E-state index >= 15 is 0 Å². The van der Waals surface area contributed by atoms with Crippen LogP contribution in [-0.2, 0) is 47.9 Å². The second kappa shape index (κ2) is 21.9. The summed E-state index contributed by atoms with van der Waals surface area (Å²) in [4.78, 5) is 37.1. The van der Waals surface area contributed by atoms with E-state index in [2.05, 4.69) is 8.62 Å². The second-order valence-electron chi connectivity index (χ2n) is 1.62. The van der Waals surface area contributed by atoms with Crippen molar-refractivity contribution in [3.63, 3.8) is 0 Å². The van der Waals surface area contributed by atoms with Gasteiger partial charge in [-0.3, -0.25) is 8.62 Å². The zero-order chi connectivity index (χ0) is 15.1. The van der Waals surface area contributed by atoms with Crippen LogP contribution in [0.1, 0.15) is 0 Å². The number of rotatable bonds is 5. The van der Waals surface area contributed by atoms with E-state index in [1.54, 1.807) is 0 Å². The second-order valence-corrected chi connectivity index (χ2v) is 5.63. The first-order valence-electron chi connectivity index (χ1n) is 3.53. The third kappa shape index (κ3) is 54.0. The molecule has 11 nitrogen and oxygen atoms in total. The standard InChI is InChI=1S/C2H5ClO.Mo.2H4O5P2/c3-1-2-4;;2*1-6(2)5-7(3)4/h4H,1-2H2;;2*6-7H,(H,1,2)(H,3,4)/q;+4;;/p-4. The first-order valence-corrected chi connectivity index (χ1v) is 8.97. The van der Waals surface area contributed by atoms with E-state index in [0.717, 1.165) is 0 Å². The monoisotopic (exact) mass is 466 g/mol. The molecule has 0 aromatic rings. The SMILES string of the molecule is O=[PH]([O-])O[PH](=O)[O-].O=[PH]([O-])O[PH](=O)[O-].OCCCl.[Mo+4]. The third-order valence-corrected chi connectivity index (χ3v) is 3.25. The van der Waals surface area contributed by atoms with Gasteiger partial charge in [-0.2, -0.15) is 0 Å². The van der Waals surface area contributed by atoms with Gasteiger partial charge in [0.15, 0.2) is 0 Å². The van der Waals surface area contributed by atoms with Gasteiger partial charge in [0.1, 0.15) is 33.0 Å². The zero-order valence-electron chi connectivity index (χ0n) is 8.73. The van der Waals surface area contributed by atoms with E-state index in [1.165, 1.54) is 0 Å². The molecule has 17 heteroatoms. The van der Waals surface area contributed by atoms with Crippen molar-refractivity contribution in [3.8, 4) is 0 Å². The summed E-state index contributed by atoms with van der Waals surface area (Å²) in [5.41, 5.74) is 0. The van der Waals surface area contributed by atoms with Crippen LogP contribution in [0, 0.1) is 0 Å². The van der Waals surface area contributed by atoms with E-state index in [4.69, 9.17) is 16.7 Å². The Morgan fingerprint density at radius 2 is 1.00 bits per heavy atom. The average molecular weight is 464 g/mol. The molecule has 0 radical (unpaired) electrons. The molecule has 0 fully saturated rings. The van der Waals surface area contributed by atoms with Crippen LogP contribution in [0.4, 0.5) is 0 Å². The molecular weight excluding hydrogens is 455 g/mol. The fourth-order valence-electron chi connectivity index (χ4n) is 0.136. The van der Waals surface area contributed by atoms with Crippen LogP contribution in [0.5, 0.6) is 0 Å². The van der Waals surface area contributed by atoms with E-state index in [1.807, 2.05) is 0 Å². The van der Waals surface area contributed by atoms with Crippen molar-refractivity contribution in [3.05, 3.63) is 0 Å². The molecule has 0 aliphatic rings. The van der Waals surface area contributed by atoms with Crippen molar-refractivity contribution >= 4 is 44.6 Å².